The summed E-state index contributed by atoms with van der Waals surface area (Å²) >= 11 is 0. The third kappa shape index (κ3) is 3.26. The number of nitrogens with zero attached hydrogens (tertiary/aromatic N) is 3. The van der Waals surface area contributed by atoms with Crippen molar-refractivity contribution in [3.05, 3.63) is 30.1 Å². The van der Waals surface area contributed by atoms with Crippen LogP contribution in [0.15, 0.2) is 24.3 Å². The third-order valence-corrected chi connectivity index (χ3v) is 4.02. The number of fused-ring (bicyclic) bond motifs is 1. The van der Waals surface area contributed by atoms with Gasteiger partial charge in [0.2, 0.25) is 0 Å². The Morgan fingerprint density at radius 2 is 2.00 bits per heavy atom. The number of rotatable bonds is 5. The highest BCUT2D eigenvalue weighted by Crippen LogP contribution is 2.21. The maximum atomic E-state index is 9.94. The number of aromatic nitrogens is 2. The Kier molecular flexibility index (Phi) is 4.53. The van der Waals surface area contributed by atoms with Gasteiger partial charge in [-0.05, 0) is 25.5 Å². The summed E-state index contributed by atoms with van der Waals surface area (Å²) in [7, 11) is 0. The van der Waals surface area contributed by atoms with E-state index in [4.69, 9.17) is 4.74 Å². The predicted octanol–water partition coefficient (Wildman–Crippen LogP) is 1.81. The van der Waals surface area contributed by atoms with E-state index in [0.717, 1.165) is 62.7 Å². The van der Waals surface area contributed by atoms with Gasteiger partial charge in [0.25, 0.3) is 0 Å². The Labute approximate surface area is 125 Å². The minimum Gasteiger partial charge on any atom is -0.385 e. The van der Waals surface area contributed by atoms with Crippen LogP contribution in [0.5, 0.6) is 0 Å². The highest BCUT2D eigenvalue weighted by molar-refractivity contribution is 5.75. The van der Waals surface area contributed by atoms with Crippen LogP contribution in [0, 0.1) is 0 Å². The molecule has 1 aromatic heterocycles. The SMILES string of the molecule is CC(O)c1nc2ccccc2n1CCCN1CCOCC1. The predicted molar refractivity (Wildman–Crippen MR) is 82.2 cm³/mol. The zero-order valence-electron chi connectivity index (χ0n) is 12.5. The Morgan fingerprint density at radius 3 is 2.76 bits per heavy atom. The van der Waals surface area contributed by atoms with Crippen molar-refractivity contribution >= 4 is 11.0 Å². The van der Waals surface area contributed by atoms with E-state index in [2.05, 4.69) is 20.5 Å². The molecule has 1 aliphatic rings. The van der Waals surface area contributed by atoms with Crippen LogP contribution in [0.1, 0.15) is 25.3 Å². The molecule has 0 amide bonds. The third-order valence-electron chi connectivity index (χ3n) is 4.02. The second-order valence-corrected chi connectivity index (χ2v) is 5.59. The second kappa shape index (κ2) is 6.56. The van der Waals surface area contributed by atoms with Crippen LogP contribution in [0.3, 0.4) is 0 Å². The first-order valence-corrected chi connectivity index (χ1v) is 7.69. The Balaban J connectivity index is 1.71. The van der Waals surface area contributed by atoms with Crippen molar-refractivity contribution in [2.45, 2.75) is 26.0 Å². The molecule has 1 fully saturated rings. The summed E-state index contributed by atoms with van der Waals surface area (Å²) < 4.78 is 7.52. The number of aryl methyl sites for hydroxylation is 1. The average molecular weight is 289 g/mol. The number of imidazole rings is 1. The standard InChI is InChI=1S/C16H23N3O2/c1-13(20)16-17-14-5-2-3-6-15(14)19(16)8-4-7-18-9-11-21-12-10-18/h2-3,5-6,13,20H,4,7-12H2,1H3. The van der Waals surface area contributed by atoms with Gasteiger partial charge < -0.3 is 14.4 Å². The highest BCUT2D eigenvalue weighted by atomic mass is 16.5. The van der Waals surface area contributed by atoms with E-state index < -0.39 is 6.10 Å². The van der Waals surface area contributed by atoms with E-state index in [1.807, 2.05) is 18.2 Å². The molecule has 0 radical (unpaired) electrons. The zero-order chi connectivity index (χ0) is 14.7. The minimum atomic E-state index is -0.541. The largest absolute Gasteiger partial charge is 0.385 e. The number of aliphatic hydroxyl groups is 1. The van der Waals surface area contributed by atoms with Crippen LogP contribution in [0.25, 0.3) is 11.0 Å². The van der Waals surface area contributed by atoms with Gasteiger partial charge >= 0.3 is 0 Å². The molecular weight excluding hydrogens is 266 g/mol. The van der Waals surface area contributed by atoms with Gasteiger partial charge in [-0.3, -0.25) is 4.90 Å². The van der Waals surface area contributed by atoms with Gasteiger partial charge in [-0.1, -0.05) is 12.1 Å². The van der Waals surface area contributed by atoms with E-state index in [1.165, 1.54) is 0 Å². The van der Waals surface area contributed by atoms with Gasteiger partial charge in [0.15, 0.2) is 0 Å². The van der Waals surface area contributed by atoms with Gasteiger partial charge in [0.1, 0.15) is 11.9 Å². The molecule has 1 atom stereocenters. The molecule has 1 saturated heterocycles. The molecule has 2 heterocycles. The molecule has 5 heteroatoms. The van der Waals surface area contributed by atoms with Crippen molar-refractivity contribution in [1.29, 1.82) is 0 Å². The minimum absolute atomic E-state index is 0.541. The van der Waals surface area contributed by atoms with Crippen LogP contribution in [0.4, 0.5) is 0 Å². The molecule has 1 N–H and O–H groups in total. The van der Waals surface area contributed by atoms with Crippen LogP contribution in [-0.4, -0.2) is 52.4 Å². The summed E-state index contributed by atoms with van der Waals surface area (Å²) in [5.74, 6) is 0.762. The summed E-state index contributed by atoms with van der Waals surface area (Å²) in [4.78, 5) is 6.99. The van der Waals surface area contributed by atoms with Crippen LogP contribution in [-0.2, 0) is 11.3 Å². The number of morpholine rings is 1. The van der Waals surface area contributed by atoms with E-state index in [9.17, 15) is 5.11 Å². The van der Waals surface area contributed by atoms with Gasteiger partial charge in [0, 0.05) is 26.2 Å². The Bertz CT molecular complexity index is 588. The van der Waals surface area contributed by atoms with Crippen molar-refractivity contribution in [3.63, 3.8) is 0 Å². The fourth-order valence-electron chi connectivity index (χ4n) is 2.93. The lowest BCUT2D eigenvalue weighted by Crippen LogP contribution is -2.37. The molecule has 0 saturated carbocycles. The van der Waals surface area contributed by atoms with Gasteiger partial charge in [-0.15, -0.1) is 0 Å². The van der Waals surface area contributed by atoms with Crippen molar-refractivity contribution in [2.24, 2.45) is 0 Å². The summed E-state index contributed by atoms with van der Waals surface area (Å²) in [6.07, 6.45) is 0.515. The molecular formula is C16H23N3O2. The first-order valence-electron chi connectivity index (χ1n) is 7.69. The molecule has 21 heavy (non-hydrogen) atoms. The van der Waals surface area contributed by atoms with Gasteiger partial charge in [0.05, 0.1) is 24.2 Å². The van der Waals surface area contributed by atoms with E-state index in [1.54, 1.807) is 6.92 Å². The first-order chi connectivity index (χ1) is 10.3. The molecule has 3 rings (SSSR count). The first kappa shape index (κ1) is 14.5. The van der Waals surface area contributed by atoms with E-state index in [-0.39, 0.29) is 0 Å². The van der Waals surface area contributed by atoms with Gasteiger partial charge in [-0.25, -0.2) is 4.98 Å². The van der Waals surface area contributed by atoms with Crippen LogP contribution >= 0.6 is 0 Å². The lowest BCUT2D eigenvalue weighted by Gasteiger charge is -2.26. The smallest absolute Gasteiger partial charge is 0.138 e. The molecule has 0 bridgehead atoms. The second-order valence-electron chi connectivity index (χ2n) is 5.59. The number of aliphatic hydroxyl groups excluding tert-OH is 1. The number of hydrogen-bond acceptors (Lipinski definition) is 4. The molecule has 0 spiro atoms. The molecule has 5 nitrogen and oxygen atoms in total. The van der Waals surface area contributed by atoms with Crippen molar-refractivity contribution < 1.29 is 9.84 Å². The lowest BCUT2D eigenvalue weighted by molar-refractivity contribution is 0.0369. The molecule has 0 aliphatic carbocycles. The van der Waals surface area contributed by atoms with Crippen LogP contribution < -0.4 is 0 Å². The number of hydrogen-bond donors (Lipinski definition) is 1. The Hall–Kier alpha value is -1.43. The fourth-order valence-corrected chi connectivity index (χ4v) is 2.93. The van der Waals surface area contributed by atoms with E-state index >= 15 is 0 Å². The molecule has 1 aliphatic heterocycles. The maximum absolute atomic E-state index is 9.94. The summed E-state index contributed by atoms with van der Waals surface area (Å²) in [6, 6.07) is 8.08. The summed E-state index contributed by atoms with van der Waals surface area (Å²) in [6.45, 7) is 7.45. The number of ether oxygens (including phenoxy) is 1. The number of benzene rings is 1. The highest BCUT2D eigenvalue weighted by Gasteiger charge is 2.15. The van der Waals surface area contributed by atoms with E-state index in [0.29, 0.717) is 0 Å². The number of para-hydroxylation sites is 2. The molecule has 1 aromatic carbocycles. The molecule has 114 valence electrons. The maximum Gasteiger partial charge on any atom is 0.138 e. The van der Waals surface area contributed by atoms with Crippen LogP contribution in [0.2, 0.25) is 0 Å². The monoisotopic (exact) mass is 289 g/mol. The summed E-state index contributed by atoms with van der Waals surface area (Å²) in [5.41, 5.74) is 2.06. The topological polar surface area (TPSA) is 50.5 Å². The average Bonchev–Trinajstić information content (AvgIpc) is 2.88. The molecule has 2 aromatic rings. The normalized spacial score (nSPS) is 18.2. The summed E-state index contributed by atoms with van der Waals surface area (Å²) in [5, 5.41) is 9.94. The molecule has 1 unspecified atom stereocenters. The Morgan fingerprint density at radius 1 is 1.24 bits per heavy atom. The quantitative estimate of drug-likeness (QED) is 0.912. The van der Waals surface area contributed by atoms with Gasteiger partial charge in [-0.2, -0.15) is 0 Å². The fraction of sp³-hybridized carbons (Fsp3) is 0.562. The van der Waals surface area contributed by atoms with Crippen molar-refractivity contribution in [2.75, 3.05) is 32.8 Å². The zero-order valence-corrected chi connectivity index (χ0v) is 12.5. The lowest BCUT2D eigenvalue weighted by atomic mass is 10.3. The van der Waals surface area contributed by atoms with Crippen molar-refractivity contribution in [3.8, 4) is 0 Å². The van der Waals surface area contributed by atoms with Crippen molar-refractivity contribution in [1.82, 2.24) is 14.5 Å².